The minimum absolute atomic E-state index is 0.00825. The maximum atomic E-state index is 12.6. The Kier molecular flexibility index (Phi) is 5.40. The number of hydrogen-bond acceptors (Lipinski definition) is 4. The summed E-state index contributed by atoms with van der Waals surface area (Å²) in [5.74, 6) is 0.165. The molecule has 0 saturated carbocycles. The van der Waals surface area contributed by atoms with Crippen LogP contribution in [0.1, 0.15) is 15.9 Å². The number of aliphatic hydroxyl groups is 1. The van der Waals surface area contributed by atoms with Crippen LogP contribution in [0, 0.1) is 0 Å². The largest absolute Gasteiger partial charge is 0.392 e. The summed E-state index contributed by atoms with van der Waals surface area (Å²) in [7, 11) is 0. The van der Waals surface area contributed by atoms with Crippen molar-refractivity contribution in [2.24, 2.45) is 0 Å². The van der Waals surface area contributed by atoms with E-state index in [4.69, 9.17) is 4.98 Å². The molecule has 0 fully saturated rings. The van der Waals surface area contributed by atoms with Gasteiger partial charge in [0.1, 0.15) is 5.69 Å². The van der Waals surface area contributed by atoms with Crippen LogP contribution in [-0.2, 0) is 6.61 Å². The Morgan fingerprint density at radius 3 is 2.14 bits per heavy atom. The van der Waals surface area contributed by atoms with E-state index in [2.05, 4.69) is 10.3 Å². The van der Waals surface area contributed by atoms with E-state index < -0.39 is 0 Å². The first-order chi connectivity index (χ1) is 14.2. The molecule has 0 saturated heterocycles. The van der Waals surface area contributed by atoms with Gasteiger partial charge in [0, 0.05) is 16.7 Å². The van der Waals surface area contributed by atoms with Gasteiger partial charge in [0.15, 0.2) is 5.82 Å². The lowest BCUT2D eigenvalue weighted by Gasteiger charge is -2.12. The smallest absolute Gasteiger partial charge is 0.256 e. The molecule has 5 nitrogen and oxygen atoms in total. The van der Waals surface area contributed by atoms with Gasteiger partial charge >= 0.3 is 0 Å². The van der Waals surface area contributed by atoms with Crippen LogP contribution in [0.3, 0.4) is 0 Å². The normalized spacial score (nSPS) is 10.5. The zero-order chi connectivity index (χ0) is 20.1. The summed E-state index contributed by atoms with van der Waals surface area (Å²) in [4.78, 5) is 21.9. The van der Waals surface area contributed by atoms with Crippen molar-refractivity contribution in [3.63, 3.8) is 0 Å². The molecule has 0 atom stereocenters. The number of amides is 1. The maximum Gasteiger partial charge on any atom is 0.256 e. The minimum Gasteiger partial charge on any atom is -0.392 e. The van der Waals surface area contributed by atoms with Crippen molar-refractivity contribution < 1.29 is 9.90 Å². The second-order valence-corrected chi connectivity index (χ2v) is 6.49. The second kappa shape index (κ2) is 8.46. The highest BCUT2D eigenvalue weighted by atomic mass is 16.3. The Hall–Kier alpha value is -3.83. The molecule has 0 aliphatic carbocycles. The number of anilines is 1. The zero-order valence-electron chi connectivity index (χ0n) is 15.6. The number of nitrogens with zero attached hydrogens (tertiary/aromatic N) is 2. The van der Waals surface area contributed by atoms with E-state index in [1.807, 2.05) is 72.8 Å². The molecule has 1 heterocycles. The van der Waals surface area contributed by atoms with E-state index in [0.717, 1.165) is 16.7 Å². The molecule has 142 valence electrons. The first-order valence-electron chi connectivity index (χ1n) is 9.23. The van der Waals surface area contributed by atoms with E-state index in [9.17, 15) is 9.90 Å². The fourth-order valence-corrected chi connectivity index (χ4v) is 2.97. The van der Waals surface area contributed by atoms with Crippen LogP contribution < -0.4 is 5.32 Å². The SMILES string of the molecule is O=C(Nc1ncc(-c2ccc(CO)cc2)nc1-c1ccccc1)c1ccccc1. The topological polar surface area (TPSA) is 75.1 Å². The molecule has 3 aromatic carbocycles. The quantitative estimate of drug-likeness (QED) is 0.532. The summed E-state index contributed by atoms with van der Waals surface area (Å²) in [5, 5.41) is 12.1. The third kappa shape index (κ3) is 4.20. The van der Waals surface area contributed by atoms with E-state index in [1.54, 1.807) is 18.3 Å². The fourth-order valence-electron chi connectivity index (χ4n) is 2.97. The van der Waals surface area contributed by atoms with Crippen LogP contribution in [0.15, 0.2) is 91.1 Å². The molecule has 0 radical (unpaired) electrons. The summed E-state index contributed by atoms with van der Waals surface area (Å²) >= 11 is 0. The van der Waals surface area contributed by atoms with E-state index in [1.165, 1.54) is 0 Å². The molecule has 0 aliphatic rings. The van der Waals surface area contributed by atoms with E-state index in [-0.39, 0.29) is 12.5 Å². The number of carbonyl (C=O) groups is 1. The molecule has 1 amide bonds. The van der Waals surface area contributed by atoms with Crippen molar-refractivity contribution in [3.8, 4) is 22.5 Å². The van der Waals surface area contributed by atoms with Crippen LogP contribution in [0.5, 0.6) is 0 Å². The molecule has 0 spiro atoms. The molecule has 0 aliphatic heterocycles. The summed E-state index contributed by atoms with van der Waals surface area (Å²) in [5.41, 5.74) is 4.41. The van der Waals surface area contributed by atoms with Gasteiger partial charge in [0.2, 0.25) is 0 Å². The standard InChI is InChI=1S/C24H19N3O2/c28-16-17-11-13-18(14-12-17)21-15-25-23(22(26-21)19-7-3-1-4-8-19)27-24(29)20-9-5-2-6-10-20/h1-15,28H,16H2,(H,25,27,29). The first-order valence-corrected chi connectivity index (χ1v) is 9.23. The number of carbonyl (C=O) groups excluding carboxylic acids is 1. The Morgan fingerprint density at radius 2 is 1.48 bits per heavy atom. The van der Waals surface area contributed by atoms with Gasteiger partial charge in [-0.25, -0.2) is 9.97 Å². The Labute approximate surface area is 168 Å². The summed E-state index contributed by atoms with van der Waals surface area (Å²) in [6.07, 6.45) is 1.64. The predicted octanol–water partition coefficient (Wildman–Crippen LogP) is 4.56. The monoisotopic (exact) mass is 381 g/mol. The molecule has 2 N–H and O–H groups in total. The Bertz CT molecular complexity index is 1110. The molecular formula is C24H19N3O2. The molecule has 5 heteroatoms. The third-order valence-corrected chi connectivity index (χ3v) is 4.52. The van der Waals surface area contributed by atoms with Gasteiger partial charge in [-0.1, -0.05) is 72.8 Å². The number of hydrogen-bond donors (Lipinski definition) is 2. The van der Waals surface area contributed by atoms with Crippen molar-refractivity contribution in [3.05, 3.63) is 102 Å². The van der Waals surface area contributed by atoms with Crippen molar-refractivity contribution in [2.75, 3.05) is 5.32 Å². The highest BCUT2D eigenvalue weighted by molar-refractivity contribution is 6.05. The molecule has 0 bridgehead atoms. The predicted molar refractivity (Wildman–Crippen MR) is 113 cm³/mol. The van der Waals surface area contributed by atoms with Crippen LogP contribution in [0.25, 0.3) is 22.5 Å². The lowest BCUT2D eigenvalue weighted by molar-refractivity contribution is 0.102. The Balaban J connectivity index is 1.73. The molecular weight excluding hydrogens is 362 g/mol. The second-order valence-electron chi connectivity index (χ2n) is 6.49. The number of nitrogens with one attached hydrogen (secondary N) is 1. The summed E-state index contributed by atoms with van der Waals surface area (Å²) in [6, 6.07) is 26.1. The minimum atomic E-state index is -0.239. The van der Waals surface area contributed by atoms with Gasteiger partial charge in [0.25, 0.3) is 5.91 Å². The molecule has 4 rings (SSSR count). The average molecular weight is 381 g/mol. The van der Waals surface area contributed by atoms with E-state index >= 15 is 0 Å². The number of rotatable bonds is 5. The van der Waals surface area contributed by atoms with Gasteiger partial charge in [-0.15, -0.1) is 0 Å². The fraction of sp³-hybridized carbons (Fsp3) is 0.0417. The van der Waals surface area contributed by atoms with Crippen molar-refractivity contribution in [1.29, 1.82) is 0 Å². The van der Waals surface area contributed by atoms with Crippen LogP contribution in [-0.4, -0.2) is 21.0 Å². The third-order valence-electron chi connectivity index (χ3n) is 4.52. The number of aromatic nitrogens is 2. The van der Waals surface area contributed by atoms with Crippen LogP contribution >= 0.6 is 0 Å². The van der Waals surface area contributed by atoms with Gasteiger partial charge in [0.05, 0.1) is 18.5 Å². The maximum absolute atomic E-state index is 12.6. The zero-order valence-corrected chi connectivity index (χ0v) is 15.6. The Morgan fingerprint density at radius 1 is 0.828 bits per heavy atom. The van der Waals surface area contributed by atoms with Crippen molar-refractivity contribution in [2.45, 2.75) is 6.61 Å². The van der Waals surface area contributed by atoms with E-state index in [0.29, 0.717) is 22.8 Å². The molecule has 4 aromatic rings. The van der Waals surface area contributed by atoms with Gasteiger partial charge < -0.3 is 10.4 Å². The summed E-state index contributed by atoms with van der Waals surface area (Å²) in [6.45, 7) is -0.00825. The molecule has 0 unspecified atom stereocenters. The lowest BCUT2D eigenvalue weighted by Crippen LogP contribution is -2.14. The summed E-state index contributed by atoms with van der Waals surface area (Å²) < 4.78 is 0. The molecule has 1 aromatic heterocycles. The molecule has 29 heavy (non-hydrogen) atoms. The average Bonchev–Trinajstić information content (AvgIpc) is 2.80. The van der Waals surface area contributed by atoms with Crippen molar-refractivity contribution in [1.82, 2.24) is 9.97 Å². The van der Waals surface area contributed by atoms with Gasteiger partial charge in [-0.3, -0.25) is 4.79 Å². The highest BCUT2D eigenvalue weighted by Gasteiger charge is 2.14. The van der Waals surface area contributed by atoms with Crippen molar-refractivity contribution >= 4 is 11.7 Å². The lowest BCUT2D eigenvalue weighted by atomic mass is 10.1. The highest BCUT2D eigenvalue weighted by Crippen LogP contribution is 2.28. The van der Waals surface area contributed by atoms with Crippen LogP contribution in [0.4, 0.5) is 5.82 Å². The first kappa shape index (κ1) is 18.5. The van der Waals surface area contributed by atoms with Gasteiger partial charge in [-0.05, 0) is 17.7 Å². The number of benzene rings is 3. The van der Waals surface area contributed by atoms with Gasteiger partial charge in [-0.2, -0.15) is 0 Å². The van der Waals surface area contributed by atoms with Crippen LogP contribution in [0.2, 0.25) is 0 Å². The number of aliphatic hydroxyl groups excluding tert-OH is 1.